The minimum atomic E-state index is -0.328. The van der Waals surface area contributed by atoms with Crippen LogP contribution < -0.4 is 5.56 Å². The van der Waals surface area contributed by atoms with E-state index in [1.54, 1.807) is 43.9 Å². The third-order valence-corrected chi connectivity index (χ3v) is 2.96. The number of oxime groups is 1. The van der Waals surface area contributed by atoms with Crippen LogP contribution in [-0.4, -0.2) is 15.5 Å². The van der Waals surface area contributed by atoms with Crippen molar-refractivity contribution in [3.8, 4) is 0 Å². The van der Waals surface area contributed by atoms with Crippen LogP contribution in [0.5, 0.6) is 0 Å². The molecule has 103 valence electrons. The summed E-state index contributed by atoms with van der Waals surface area (Å²) < 4.78 is 14.9. The van der Waals surface area contributed by atoms with E-state index in [4.69, 9.17) is 5.21 Å². The molecule has 1 aromatic heterocycles. The van der Waals surface area contributed by atoms with E-state index in [0.717, 1.165) is 0 Å². The highest BCUT2D eigenvalue weighted by atomic mass is 19.1. The molecule has 1 heterocycles. The van der Waals surface area contributed by atoms with Crippen LogP contribution in [0.15, 0.2) is 52.5 Å². The molecule has 5 heteroatoms. The third kappa shape index (κ3) is 3.12. The normalized spacial score (nSPS) is 11.6. The number of benzene rings is 1. The second-order valence-electron chi connectivity index (χ2n) is 4.34. The largest absolute Gasteiger partial charge is 0.411 e. The average molecular weight is 273 g/mol. The number of halogens is 1. The highest BCUT2D eigenvalue weighted by Gasteiger charge is 2.08. The summed E-state index contributed by atoms with van der Waals surface area (Å²) in [4.78, 5) is 11.3. The van der Waals surface area contributed by atoms with Crippen LogP contribution >= 0.6 is 0 Å². The molecule has 0 aliphatic rings. The van der Waals surface area contributed by atoms with E-state index in [0.29, 0.717) is 16.8 Å². The van der Waals surface area contributed by atoms with Gasteiger partial charge in [-0.25, -0.2) is 4.39 Å². The molecule has 0 aliphatic carbocycles. The minimum absolute atomic E-state index is 0.149. The van der Waals surface area contributed by atoms with E-state index in [9.17, 15) is 9.18 Å². The van der Waals surface area contributed by atoms with Crippen LogP contribution in [0.2, 0.25) is 0 Å². The summed E-state index contributed by atoms with van der Waals surface area (Å²) in [5.41, 5.74) is 1.27. The Morgan fingerprint density at radius 3 is 2.75 bits per heavy atom. The number of aryl methyl sites for hydroxylation is 1. The fourth-order valence-corrected chi connectivity index (χ4v) is 1.83. The lowest BCUT2D eigenvalue weighted by molar-refractivity contribution is 0.318. The number of nitrogens with zero attached hydrogens (tertiary/aromatic N) is 2. The summed E-state index contributed by atoms with van der Waals surface area (Å²) in [5.74, 6) is -0.328. The van der Waals surface area contributed by atoms with Gasteiger partial charge in [-0.1, -0.05) is 23.4 Å². The topological polar surface area (TPSA) is 54.6 Å². The van der Waals surface area contributed by atoms with Gasteiger partial charge in [0.05, 0.1) is 5.71 Å². The summed E-state index contributed by atoms with van der Waals surface area (Å²) in [6.45, 7) is 0. The number of pyridine rings is 1. The zero-order chi connectivity index (χ0) is 14.5. The van der Waals surface area contributed by atoms with Crippen molar-refractivity contribution >= 4 is 5.71 Å². The summed E-state index contributed by atoms with van der Waals surface area (Å²) in [5, 5.41) is 12.3. The quantitative estimate of drug-likeness (QED) is 0.528. The maximum Gasteiger partial charge on any atom is 0.250 e. The standard InChI is InChI=1S/C15H14FN2O2/c1-18-10-12(7-9-15(18)19)14(17-20)8-6-11-4-2-3-5-13(11)16/h2-7,9-10,20H,8H2,1H3. The van der Waals surface area contributed by atoms with Crippen molar-refractivity contribution in [3.05, 3.63) is 76.3 Å². The third-order valence-electron chi connectivity index (χ3n) is 2.96. The van der Waals surface area contributed by atoms with Crippen molar-refractivity contribution in [2.75, 3.05) is 0 Å². The molecule has 1 N–H and O–H groups in total. The van der Waals surface area contributed by atoms with E-state index in [-0.39, 0.29) is 17.8 Å². The maximum absolute atomic E-state index is 13.5. The lowest BCUT2D eigenvalue weighted by atomic mass is 10.0. The Kier molecular flexibility index (Phi) is 4.30. The first-order chi connectivity index (χ1) is 9.61. The molecule has 0 saturated carbocycles. The van der Waals surface area contributed by atoms with Crippen LogP contribution in [0, 0.1) is 12.2 Å². The Hall–Kier alpha value is -2.43. The summed E-state index contributed by atoms with van der Waals surface area (Å²) in [6, 6.07) is 9.33. The fraction of sp³-hybridized carbons (Fsp3) is 0.133. The molecule has 1 aromatic carbocycles. The number of aromatic nitrogens is 1. The van der Waals surface area contributed by atoms with Crippen LogP contribution in [0.25, 0.3) is 0 Å². The molecule has 0 fully saturated rings. The monoisotopic (exact) mass is 273 g/mol. The predicted molar refractivity (Wildman–Crippen MR) is 74.4 cm³/mol. The van der Waals surface area contributed by atoms with Gasteiger partial charge in [-0.2, -0.15) is 0 Å². The van der Waals surface area contributed by atoms with Crippen molar-refractivity contribution in [1.82, 2.24) is 4.57 Å². The highest BCUT2D eigenvalue weighted by Crippen LogP contribution is 2.13. The number of hydrogen-bond acceptors (Lipinski definition) is 3. The van der Waals surface area contributed by atoms with Gasteiger partial charge in [0.2, 0.25) is 5.56 Å². The minimum Gasteiger partial charge on any atom is -0.411 e. The molecule has 0 unspecified atom stereocenters. The van der Waals surface area contributed by atoms with Gasteiger partial charge < -0.3 is 9.77 Å². The Morgan fingerprint density at radius 2 is 2.10 bits per heavy atom. The first kappa shape index (κ1) is 14.0. The Bertz CT molecular complexity index is 692. The molecule has 2 aromatic rings. The van der Waals surface area contributed by atoms with Gasteiger partial charge in [0.15, 0.2) is 0 Å². The zero-order valence-electron chi connectivity index (χ0n) is 11.0. The number of rotatable bonds is 4. The van der Waals surface area contributed by atoms with Gasteiger partial charge in [-0.3, -0.25) is 4.79 Å². The highest BCUT2D eigenvalue weighted by molar-refractivity contribution is 6.00. The fourth-order valence-electron chi connectivity index (χ4n) is 1.83. The Balaban J connectivity index is 2.16. The van der Waals surface area contributed by atoms with Gasteiger partial charge in [0, 0.05) is 31.3 Å². The molecule has 4 nitrogen and oxygen atoms in total. The Morgan fingerprint density at radius 1 is 1.35 bits per heavy atom. The smallest absolute Gasteiger partial charge is 0.250 e. The second-order valence-corrected chi connectivity index (χ2v) is 4.34. The molecule has 0 aliphatic heterocycles. The lowest BCUT2D eigenvalue weighted by Gasteiger charge is -2.07. The van der Waals surface area contributed by atoms with Gasteiger partial charge in [0.25, 0.3) is 0 Å². The maximum atomic E-state index is 13.5. The van der Waals surface area contributed by atoms with Crippen LogP contribution in [0.1, 0.15) is 17.5 Å². The first-order valence-electron chi connectivity index (χ1n) is 6.07. The molecular weight excluding hydrogens is 259 g/mol. The molecule has 0 saturated heterocycles. The van der Waals surface area contributed by atoms with E-state index in [1.165, 1.54) is 16.7 Å². The summed E-state index contributed by atoms with van der Waals surface area (Å²) in [7, 11) is 1.61. The average Bonchev–Trinajstić information content (AvgIpc) is 2.45. The molecule has 0 amide bonds. The van der Waals surface area contributed by atoms with Crippen LogP contribution in [0.4, 0.5) is 4.39 Å². The molecule has 0 atom stereocenters. The van der Waals surface area contributed by atoms with Crippen molar-refractivity contribution in [3.63, 3.8) is 0 Å². The lowest BCUT2D eigenvalue weighted by Crippen LogP contribution is -2.17. The van der Waals surface area contributed by atoms with Gasteiger partial charge in [-0.15, -0.1) is 0 Å². The van der Waals surface area contributed by atoms with E-state index in [1.807, 2.05) is 0 Å². The summed E-state index contributed by atoms with van der Waals surface area (Å²) >= 11 is 0. The van der Waals surface area contributed by atoms with E-state index in [2.05, 4.69) is 5.16 Å². The van der Waals surface area contributed by atoms with Crippen molar-refractivity contribution in [2.45, 2.75) is 6.42 Å². The van der Waals surface area contributed by atoms with Crippen LogP contribution in [-0.2, 0) is 7.05 Å². The molecule has 0 bridgehead atoms. The van der Waals surface area contributed by atoms with E-state index >= 15 is 0 Å². The molecule has 1 radical (unpaired) electrons. The van der Waals surface area contributed by atoms with Gasteiger partial charge >= 0.3 is 0 Å². The van der Waals surface area contributed by atoms with Gasteiger partial charge in [0.1, 0.15) is 5.82 Å². The van der Waals surface area contributed by atoms with Crippen molar-refractivity contribution in [2.24, 2.45) is 12.2 Å². The molecule has 0 spiro atoms. The van der Waals surface area contributed by atoms with Crippen molar-refractivity contribution < 1.29 is 9.60 Å². The first-order valence-corrected chi connectivity index (χ1v) is 6.07. The predicted octanol–water partition coefficient (Wildman–Crippen LogP) is 2.35. The SMILES string of the molecule is Cn1cc(C(C[CH]c2ccccc2F)=NO)ccc1=O. The Labute approximate surface area is 115 Å². The summed E-state index contributed by atoms with van der Waals surface area (Å²) in [6.07, 6.45) is 3.47. The second kappa shape index (κ2) is 6.14. The van der Waals surface area contributed by atoms with Crippen molar-refractivity contribution in [1.29, 1.82) is 0 Å². The zero-order valence-corrected chi connectivity index (χ0v) is 11.0. The molecule has 20 heavy (non-hydrogen) atoms. The van der Waals surface area contributed by atoms with Gasteiger partial charge in [-0.05, 0) is 24.1 Å². The van der Waals surface area contributed by atoms with Crippen LogP contribution in [0.3, 0.4) is 0 Å². The number of hydrogen-bond donors (Lipinski definition) is 1. The molecular formula is C15H14FN2O2. The molecule has 2 rings (SSSR count). The van der Waals surface area contributed by atoms with E-state index < -0.39 is 0 Å².